The van der Waals surface area contributed by atoms with E-state index in [-0.39, 0.29) is 12.1 Å². The van der Waals surface area contributed by atoms with Crippen LogP contribution in [0.5, 0.6) is 5.75 Å². The highest BCUT2D eigenvalue weighted by Gasteiger charge is 2.42. The Morgan fingerprint density at radius 3 is 2.59 bits per heavy atom. The number of anilines is 1. The van der Waals surface area contributed by atoms with Gasteiger partial charge in [-0.3, -0.25) is 4.98 Å². The van der Waals surface area contributed by atoms with E-state index in [1.54, 1.807) is 12.3 Å². The van der Waals surface area contributed by atoms with Crippen LogP contribution in [0.3, 0.4) is 0 Å². The van der Waals surface area contributed by atoms with E-state index in [0.717, 1.165) is 28.5 Å². The Balaban J connectivity index is 1.58. The van der Waals surface area contributed by atoms with Crippen LogP contribution < -0.4 is 15.0 Å². The zero-order valence-corrected chi connectivity index (χ0v) is 20.6. The number of hydrogen-bond donors (Lipinski definition) is 1. The highest BCUT2D eigenvalue weighted by Crippen LogP contribution is 2.44. The molecule has 0 unspecified atom stereocenters. The average molecular weight is 510 g/mol. The Kier molecular flexibility index (Phi) is 6.46. The molecule has 4 aromatic rings. The van der Waals surface area contributed by atoms with Crippen LogP contribution in [0.1, 0.15) is 30.5 Å². The van der Waals surface area contributed by atoms with Crippen molar-refractivity contribution in [1.29, 1.82) is 0 Å². The first kappa shape index (κ1) is 22.7. The Labute approximate surface area is 213 Å². The average Bonchev–Trinajstić information content (AvgIpc) is 3.47. The van der Waals surface area contributed by atoms with Crippen molar-refractivity contribution in [3.8, 4) is 17.1 Å². The van der Waals surface area contributed by atoms with E-state index in [9.17, 15) is 0 Å². The van der Waals surface area contributed by atoms with Gasteiger partial charge >= 0.3 is 0 Å². The second kappa shape index (κ2) is 9.66. The molecular weight excluding hydrogens is 489 g/mol. The fourth-order valence-electron chi connectivity index (χ4n) is 4.14. The third-order valence-electron chi connectivity index (χ3n) is 5.66. The van der Waals surface area contributed by atoms with Crippen molar-refractivity contribution in [1.82, 2.24) is 10.3 Å². The van der Waals surface area contributed by atoms with Gasteiger partial charge in [-0.15, -0.1) is 0 Å². The van der Waals surface area contributed by atoms with E-state index in [4.69, 9.17) is 44.6 Å². The molecule has 3 heterocycles. The number of rotatable bonds is 6. The second-order valence-electron chi connectivity index (χ2n) is 7.73. The molecule has 1 N–H and O–H groups in total. The molecule has 1 aliphatic heterocycles. The van der Waals surface area contributed by atoms with E-state index in [1.807, 2.05) is 78.6 Å². The van der Waals surface area contributed by atoms with Gasteiger partial charge in [-0.05, 0) is 79.8 Å². The van der Waals surface area contributed by atoms with Gasteiger partial charge in [-0.2, -0.15) is 0 Å². The van der Waals surface area contributed by atoms with E-state index in [2.05, 4.69) is 10.3 Å². The smallest absolute Gasteiger partial charge is 0.174 e. The summed E-state index contributed by atoms with van der Waals surface area (Å²) in [6, 6.07) is 22.5. The van der Waals surface area contributed by atoms with Gasteiger partial charge in [-0.1, -0.05) is 35.3 Å². The van der Waals surface area contributed by atoms with Gasteiger partial charge in [0.15, 0.2) is 5.11 Å². The molecule has 2 aromatic carbocycles. The molecule has 0 radical (unpaired) electrons. The molecule has 2 aromatic heterocycles. The molecule has 172 valence electrons. The number of nitrogens with one attached hydrogen (secondary N) is 1. The zero-order chi connectivity index (χ0) is 23.7. The number of thiocarbonyl (C=S) groups is 1. The number of nitrogens with zero attached hydrogens (tertiary/aromatic N) is 2. The number of benzene rings is 2. The van der Waals surface area contributed by atoms with Gasteiger partial charge in [0.1, 0.15) is 23.3 Å². The van der Waals surface area contributed by atoms with Crippen LogP contribution >= 0.6 is 35.4 Å². The molecule has 5 rings (SSSR count). The van der Waals surface area contributed by atoms with Gasteiger partial charge in [0.25, 0.3) is 0 Å². The monoisotopic (exact) mass is 509 g/mol. The maximum atomic E-state index is 6.45. The standard InChI is InChI=1S/C26H21Cl2N3O2S/c1-2-32-17-11-9-16(10-12-17)31-25(24(30-26(31)34)20-8-3-4-15-29-20)22-14-13-21(33-22)18-6-5-7-19(27)23(18)28/h3-15,24-25H,2H2,1H3,(H,30,34)/t24-,25-/m0/s1. The minimum absolute atomic E-state index is 0.214. The molecule has 1 aliphatic rings. The first-order chi connectivity index (χ1) is 16.6. The fraction of sp³-hybridized carbons (Fsp3) is 0.154. The molecule has 0 saturated carbocycles. The van der Waals surface area contributed by atoms with Crippen molar-refractivity contribution in [2.75, 3.05) is 11.5 Å². The van der Waals surface area contributed by atoms with Crippen molar-refractivity contribution in [2.24, 2.45) is 0 Å². The van der Waals surface area contributed by atoms with Gasteiger partial charge in [0.05, 0.1) is 28.4 Å². The largest absolute Gasteiger partial charge is 0.494 e. The summed E-state index contributed by atoms with van der Waals surface area (Å²) < 4.78 is 12.0. The summed E-state index contributed by atoms with van der Waals surface area (Å²) >= 11 is 18.5. The number of hydrogen-bond acceptors (Lipinski definition) is 4. The quantitative estimate of drug-likeness (QED) is 0.276. The Morgan fingerprint density at radius 2 is 1.85 bits per heavy atom. The van der Waals surface area contributed by atoms with Crippen LogP contribution in [0.2, 0.25) is 10.0 Å². The maximum Gasteiger partial charge on any atom is 0.174 e. The lowest BCUT2D eigenvalue weighted by molar-refractivity contribution is 0.340. The number of furan rings is 1. The molecule has 5 nitrogen and oxygen atoms in total. The van der Waals surface area contributed by atoms with Crippen LogP contribution in [0, 0.1) is 0 Å². The van der Waals surface area contributed by atoms with Crippen LogP contribution in [0.4, 0.5) is 5.69 Å². The minimum atomic E-state index is -0.271. The Hall–Kier alpha value is -3.06. The fourth-order valence-corrected chi connectivity index (χ4v) is 4.88. The molecule has 34 heavy (non-hydrogen) atoms. The zero-order valence-electron chi connectivity index (χ0n) is 18.2. The van der Waals surface area contributed by atoms with Crippen LogP contribution in [-0.4, -0.2) is 16.7 Å². The lowest BCUT2D eigenvalue weighted by atomic mass is 10.0. The summed E-state index contributed by atoms with van der Waals surface area (Å²) in [7, 11) is 0. The summed E-state index contributed by atoms with van der Waals surface area (Å²) in [5.41, 5.74) is 2.51. The summed E-state index contributed by atoms with van der Waals surface area (Å²) in [5.74, 6) is 2.16. The van der Waals surface area contributed by atoms with Gasteiger partial charge in [-0.25, -0.2) is 0 Å². The third-order valence-corrected chi connectivity index (χ3v) is 6.79. The third kappa shape index (κ3) is 4.25. The summed E-state index contributed by atoms with van der Waals surface area (Å²) in [4.78, 5) is 6.63. The normalized spacial score (nSPS) is 17.6. The van der Waals surface area contributed by atoms with E-state index < -0.39 is 0 Å². The Bertz CT molecular complexity index is 1310. The van der Waals surface area contributed by atoms with Gasteiger partial charge < -0.3 is 19.4 Å². The van der Waals surface area contributed by atoms with E-state index in [1.165, 1.54) is 0 Å². The number of ether oxygens (including phenoxy) is 1. The predicted octanol–water partition coefficient (Wildman–Crippen LogP) is 7.22. The van der Waals surface area contributed by atoms with E-state index >= 15 is 0 Å². The SMILES string of the molecule is CCOc1ccc(N2C(=S)N[C@@H](c3ccccn3)[C@@H]2c2ccc(-c3cccc(Cl)c3Cl)o2)cc1. The molecule has 1 fully saturated rings. The number of pyridine rings is 1. The molecule has 2 atom stereocenters. The summed E-state index contributed by atoms with van der Waals surface area (Å²) in [5, 5.41) is 4.95. The van der Waals surface area contributed by atoms with Crippen molar-refractivity contribution in [3.05, 3.63) is 100 Å². The summed E-state index contributed by atoms with van der Waals surface area (Å²) in [6.07, 6.45) is 1.77. The number of aromatic nitrogens is 1. The van der Waals surface area contributed by atoms with Crippen molar-refractivity contribution < 1.29 is 9.15 Å². The highest BCUT2D eigenvalue weighted by atomic mass is 35.5. The van der Waals surface area contributed by atoms with Crippen molar-refractivity contribution >= 4 is 46.2 Å². The number of halogens is 2. The topological polar surface area (TPSA) is 50.5 Å². The first-order valence-electron chi connectivity index (χ1n) is 10.8. The maximum absolute atomic E-state index is 6.45. The van der Waals surface area contributed by atoms with Crippen molar-refractivity contribution in [3.63, 3.8) is 0 Å². The lowest BCUT2D eigenvalue weighted by Crippen LogP contribution is -2.29. The molecule has 8 heteroatoms. The Morgan fingerprint density at radius 1 is 1.03 bits per heavy atom. The lowest BCUT2D eigenvalue weighted by Gasteiger charge is -2.26. The first-order valence-corrected chi connectivity index (χ1v) is 12.0. The molecule has 0 spiro atoms. The van der Waals surface area contributed by atoms with Crippen LogP contribution in [0.25, 0.3) is 11.3 Å². The van der Waals surface area contributed by atoms with Crippen molar-refractivity contribution in [2.45, 2.75) is 19.0 Å². The molecule has 1 saturated heterocycles. The van der Waals surface area contributed by atoms with Crippen LogP contribution in [0.15, 0.2) is 83.4 Å². The molecular formula is C26H21Cl2N3O2S. The summed E-state index contributed by atoms with van der Waals surface area (Å²) in [6.45, 7) is 2.57. The minimum Gasteiger partial charge on any atom is -0.494 e. The van der Waals surface area contributed by atoms with Gasteiger partial charge in [0, 0.05) is 17.4 Å². The van der Waals surface area contributed by atoms with Crippen LogP contribution in [-0.2, 0) is 0 Å². The molecule has 0 amide bonds. The highest BCUT2D eigenvalue weighted by molar-refractivity contribution is 7.80. The van der Waals surface area contributed by atoms with E-state index in [0.29, 0.717) is 27.5 Å². The molecule has 0 bridgehead atoms. The predicted molar refractivity (Wildman–Crippen MR) is 140 cm³/mol. The second-order valence-corrected chi connectivity index (χ2v) is 8.90. The molecule has 0 aliphatic carbocycles. The van der Waals surface area contributed by atoms with Gasteiger partial charge in [0.2, 0.25) is 0 Å².